The van der Waals surface area contributed by atoms with Crippen molar-refractivity contribution in [3.8, 4) is 0 Å². The highest BCUT2D eigenvalue weighted by atomic mass is 16.2. The third-order valence-corrected chi connectivity index (χ3v) is 30.3. The summed E-state index contributed by atoms with van der Waals surface area (Å²) in [5, 5.41) is 2.69. The number of amides is 1. The van der Waals surface area contributed by atoms with Gasteiger partial charge < -0.3 is 38.5 Å². The monoisotopic (exact) mass is 1970 g/mol. The smallest absolute Gasteiger partial charge is 0.227 e. The van der Waals surface area contributed by atoms with Crippen molar-refractivity contribution in [1.82, 2.24) is 14.0 Å². The largest absolute Gasteiger partial charge is 0.345 e. The van der Waals surface area contributed by atoms with Crippen LogP contribution in [-0.2, 0) is 61.7 Å². The summed E-state index contributed by atoms with van der Waals surface area (Å²) in [5.41, 5.74) is 41.8. The molecule has 10 heteroatoms. The number of aromatic nitrogens is 2. The first-order valence-electron chi connectivity index (χ1n) is 56.1. The van der Waals surface area contributed by atoms with Crippen LogP contribution < -0.4 is 29.4 Å². The van der Waals surface area contributed by atoms with E-state index >= 15 is 0 Å². The van der Waals surface area contributed by atoms with Crippen LogP contribution in [-0.4, -0.2) is 68.8 Å². The molecule has 0 saturated heterocycles. The highest BCUT2D eigenvalue weighted by molar-refractivity contribution is 5.97. The van der Waals surface area contributed by atoms with Crippen molar-refractivity contribution in [3.63, 3.8) is 0 Å². The molecule has 0 N–H and O–H groups in total. The lowest BCUT2D eigenvalue weighted by molar-refractivity contribution is -0.119. The molecule has 0 fully saturated rings. The van der Waals surface area contributed by atoms with Crippen LogP contribution in [0, 0.1) is 0 Å². The average molecular weight is 1970 g/mol. The normalized spacial score (nSPS) is 14.9. The van der Waals surface area contributed by atoms with E-state index in [2.05, 4.69) is 516 Å². The van der Waals surface area contributed by atoms with E-state index in [1.54, 1.807) is 16.7 Å². The van der Waals surface area contributed by atoms with E-state index < -0.39 is 0 Å². The molecule has 788 valence electrons. The highest BCUT2D eigenvalue weighted by Crippen LogP contribution is 2.45. The topological polar surface area (TPSA) is 49.6 Å². The van der Waals surface area contributed by atoms with Crippen LogP contribution in [0.4, 0.5) is 34.1 Å². The molecule has 9 aromatic carbocycles. The van der Waals surface area contributed by atoms with E-state index in [1.807, 2.05) is 4.90 Å². The van der Waals surface area contributed by atoms with E-state index in [0.717, 1.165) is 63.6 Å². The Labute approximate surface area is 889 Å². The number of carbonyl (C=O) groups is 1. The molecule has 0 atom stereocenters. The number of hydrogen-bond acceptors (Lipinski definition) is 7. The van der Waals surface area contributed by atoms with Gasteiger partial charge in [-0.3, -0.25) is 9.69 Å². The summed E-state index contributed by atoms with van der Waals surface area (Å²) in [6, 6.07) is 69.8. The SMILES string of the molecule is C=C1CCc2cc(C(C)C)ccc2N1C(C)C.C=C1CCc2ccc(C(C)C)cc2N1C(C)C.C=C1Cc2c(C(C)C)cccc2N1C(C)C.C=C1Cc2cc(C(C)C)ccc2N1C(C)C.C=C1Cc2ccc(C(C)C)cc2N1C(C)C.CC(C)c1ccc2c(ccn2C(C)C)c1.CC(C)c1cccc2c1CCC(=O)N2C(C)C.CC(C)c1cccc2c1CCN(C(C)C)C2.CC(C)n1ccc2ccc(C(C)(C)C)cc21. The summed E-state index contributed by atoms with van der Waals surface area (Å²) in [6.45, 7) is 106. The number of nitrogens with zero attached hydrogens (tertiary/aromatic N) is 9. The summed E-state index contributed by atoms with van der Waals surface area (Å²) in [7, 11) is 0. The fraction of sp³-hybridized carbons (Fsp3) is 0.493. The predicted molar refractivity (Wildman–Crippen MR) is 643 cm³/mol. The Morgan fingerprint density at radius 3 is 1.12 bits per heavy atom. The van der Waals surface area contributed by atoms with Crippen LogP contribution >= 0.6 is 0 Å². The molecule has 11 aromatic rings. The van der Waals surface area contributed by atoms with Crippen molar-refractivity contribution in [3.05, 3.63) is 344 Å². The van der Waals surface area contributed by atoms with Crippen LogP contribution in [0.3, 0.4) is 0 Å². The van der Waals surface area contributed by atoms with E-state index in [4.69, 9.17) is 0 Å². The summed E-state index contributed by atoms with van der Waals surface area (Å²) in [6.07, 6.45) is 14.6. The Kier molecular flexibility index (Phi) is 41.2. The van der Waals surface area contributed by atoms with E-state index in [0.29, 0.717) is 102 Å². The molecule has 146 heavy (non-hydrogen) atoms. The molecule has 0 aliphatic carbocycles. The summed E-state index contributed by atoms with van der Waals surface area (Å²) in [5.74, 6) is 5.02. The van der Waals surface area contributed by atoms with E-state index in [1.165, 1.54) is 170 Å². The second-order valence-electron chi connectivity index (χ2n) is 48.3. The number of rotatable bonds is 17. The van der Waals surface area contributed by atoms with Gasteiger partial charge in [0.05, 0.1) is 0 Å². The minimum Gasteiger partial charge on any atom is -0.345 e. The quantitative estimate of drug-likeness (QED) is 0.0900. The Hall–Kier alpha value is -10.8. The lowest BCUT2D eigenvalue weighted by atomic mass is 9.87. The van der Waals surface area contributed by atoms with Crippen LogP contribution in [0.15, 0.2) is 250 Å². The van der Waals surface area contributed by atoms with Gasteiger partial charge in [0.25, 0.3) is 0 Å². The first-order valence-corrected chi connectivity index (χ1v) is 56.1. The van der Waals surface area contributed by atoms with Crippen molar-refractivity contribution in [2.45, 2.75) is 434 Å². The first kappa shape index (κ1) is 117. The van der Waals surface area contributed by atoms with Gasteiger partial charge in [-0.25, -0.2) is 0 Å². The Bertz CT molecular complexity index is 6230. The van der Waals surface area contributed by atoms with Crippen molar-refractivity contribution >= 4 is 61.8 Å². The van der Waals surface area contributed by atoms with Gasteiger partial charge >= 0.3 is 0 Å². The van der Waals surface area contributed by atoms with Crippen LogP contribution in [0.2, 0.25) is 0 Å². The number of carbonyl (C=O) groups excluding carboxylic acids is 1. The summed E-state index contributed by atoms with van der Waals surface area (Å²) >= 11 is 0. The molecule has 9 heterocycles. The molecule has 7 aliphatic heterocycles. The lowest BCUT2D eigenvalue weighted by Crippen LogP contribution is -2.40. The number of hydrogen-bond donors (Lipinski definition) is 0. The molecule has 10 nitrogen and oxygen atoms in total. The van der Waals surface area contributed by atoms with Crippen molar-refractivity contribution < 1.29 is 4.79 Å². The molecule has 0 unspecified atom stereocenters. The van der Waals surface area contributed by atoms with E-state index in [-0.39, 0.29) is 17.4 Å². The van der Waals surface area contributed by atoms with Gasteiger partial charge in [0.2, 0.25) is 5.91 Å². The fourth-order valence-corrected chi connectivity index (χ4v) is 22.1. The van der Waals surface area contributed by atoms with Crippen LogP contribution in [0.1, 0.15) is 429 Å². The molecular weight excluding hydrogens is 1780 g/mol. The molecule has 2 aromatic heterocycles. The van der Waals surface area contributed by atoms with Crippen LogP contribution in [0.25, 0.3) is 21.8 Å². The van der Waals surface area contributed by atoms with Gasteiger partial charge in [-0.05, 0) is 388 Å². The number of allylic oxidation sites excluding steroid dienone is 5. The fourth-order valence-electron chi connectivity index (χ4n) is 22.1. The van der Waals surface area contributed by atoms with Gasteiger partial charge in [-0.1, -0.05) is 274 Å². The van der Waals surface area contributed by atoms with Crippen molar-refractivity contribution in [2.75, 3.05) is 35.9 Å². The lowest BCUT2D eigenvalue weighted by Gasteiger charge is -2.37. The molecule has 0 radical (unpaired) electrons. The second-order valence-corrected chi connectivity index (χ2v) is 48.3. The Morgan fingerprint density at radius 1 is 0.253 bits per heavy atom. The minimum atomic E-state index is 0.222. The number of fused-ring (bicyclic) bond motifs is 9. The third kappa shape index (κ3) is 28.6. The average Bonchev–Trinajstić information content (AvgIpc) is 1.73. The molecule has 0 bridgehead atoms. The van der Waals surface area contributed by atoms with Crippen molar-refractivity contribution in [1.29, 1.82) is 0 Å². The molecule has 0 saturated carbocycles. The molecule has 0 spiro atoms. The maximum absolute atomic E-state index is 12.0. The van der Waals surface area contributed by atoms with Gasteiger partial charge in [0.15, 0.2) is 0 Å². The van der Waals surface area contributed by atoms with Crippen molar-refractivity contribution in [2.24, 2.45) is 0 Å². The predicted octanol–water partition coefficient (Wildman–Crippen LogP) is 37.2. The molecule has 1 amide bonds. The standard InChI is InChI=1S/2C16H23N.C15H21NO.4C15H21N.C15H23N.C14H19N/c1-11(2)14-8-9-16-15(10-14)7-6-13(5)17(16)12(3)4;1-11(2)15-9-8-14-7-6-13(5)17(12(3)4)16(14)10-15;1-10(2)12-6-5-7-14-13(12)8-9-15(17)16(14)11(3)4;1-10(2)13-6-7-15-14(9-13)8-12(5)16(15)11(3)4;1-10(2)13-6-7-14-8-12(5)16(11(3)4)15(14)9-13;1-11(2)16-9-8-12-6-7-13(10-14(12)16)15(3,4)5;1-10(2)13-7-6-8-15-14(13)9-12(5)16(15)11(3)4;1-11(2)14-7-5-6-13-10-16(12(3)4)9-8-15(13)14;1-10(2)12-5-6-14-13(9-12)7-8-15(14)11(3)4/h2*8-12H,5-7H2,1-4H3;5-7,10-11H,8-9H2,1-4H3;2*6-7,9-11H,5,8H2,1-4H3;6-11H,1-5H3;6-8,10-11H,5,9H2,1-4H3;5-7,11-12H,8-10H2,1-4H3;5-11H,1-4H3. The summed E-state index contributed by atoms with van der Waals surface area (Å²) in [4.78, 5) is 28.4. The van der Waals surface area contributed by atoms with Gasteiger partial charge in [-0.15, -0.1) is 0 Å². The first-order chi connectivity index (χ1) is 68.6. The van der Waals surface area contributed by atoms with Gasteiger partial charge in [-0.2, -0.15) is 0 Å². The third-order valence-electron chi connectivity index (χ3n) is 30.3. The number of aryl methyl sites for hydroxylation is 2. The number of anilines is 6. The molecule has 18 rings (SSSR count). The maximum Gasteiger partial charge on any atom is 0.227 e. The molecule has 7 aliphatic rings. The zero-order valence-corrected chi connectivity index (χ0v) is 98.2. The zero-order chi connectivity index (χ0) is 108. The van der Waals surface area contributed by atoms with Crippen LogP contribution in [0.5, 0.6) is 0 Å². The highest BCUT2D eigenvalue weighted by Gasteiger charge is 2.34. The summed E-state index contributed by atoms with van der Waals surface area (Å²) < 4.78 is 4.66. The zero-order valence-electron chi connectivity index (χ0n) is 98.2. The minimum absolute atomic E-state index is 0.222. The van der Waals surface area contributed by atoms with Gasteiger partial charge in [0.1, 0.15) is 0 Å². The second kappa shape index (κ2) is 51.4. The van der Waals surface area contributed by atoms with Gasteiger partial charge in [0, 0.05) is 179 Å². The Balaban J connectivity index is 0.000000168. The number of benzene rings is 9. The molecular formula is C136H193N9O. The Morgan fingerprint density at radius 2 is 0.637 bits per heavy atom. The van der Waals surface area contributed by atoms with E-state index in [9.17, 15) is 4.79 Å². The maximum atomic E-state index is 12.0.